The molecule has 39 heavy (non-hydrogen) atoms. The number of imide groups is 1. The van der Waals surface area contributed by atoms with Gasteiger partial charge in [0.2, 0.25) is 17.1 Å². The monoisotopic (exact) mass is 557 g/mol. The van der Waals surface area contributed by atoms with E-state index in [9.17, 15) is 9.59 Å². The third-order valence-corrected chi connectivity index (χ3v) is 9.40. The average molecular weight is 558 g/mol. The molecule has 2 aromatic carbocycles. The molecule has 0 atom stereocenters. The summed E-state index contributed by atoms with van der Waals surface area (Å²) in [5.74, 6) is 0.910. The minimum absolute atomic E-state index is 0.297. The van der Waals surface area contributed by atoms with E-state index in [1.807, 2.05) is 12.1 Å². The fraction of sp³-hybridized carbons (Fsp3) is 0.357. The van der Waals surface area contributed by atoms with Gasteiger partial charge in [-0.2, -0.15) is 15.0 Å². The highest BCUT2D eigenvalue weighted by molar-refractivity contribution is 8.01. The molecule has 11 heteroatoms. The third-order valence-electron chi connectivity index (χ3n) is 7.45. The highest BCUT2D eigenvalue weighted by Crippen LogP contribution is 2.37. The number of hydrogen-bond donors (Lipinski definition) is 0. The summed E-state index contributed by atoms with van der Waals surface area (Å²) in [5.41, 5.74) is 2.23. The van der Waals surface area contributed by atoms with Gasteiger partial charge < -0.3 is 9.80 Å². The largest absolute Gasteiger partial charge is 0.341 e. The summed E-state index contributed by atoms with van der Waals surface area (Å²) >= 11 is 2.95. The van der Waals surface area contributed by atoms with Gasteiger partial charge in [-0.3, -0.25) is 9.59 Å². The van der Waals surface area contributed by atoms with E-state index < -0.39 is 0 Å². The van der Waals surface area contributed by atoms with Crippen molar-refractivity contribution in [2.75, 3.05) is 40.9 Å². The van der Waals surface area contributed by atoms with Gasteiger partial charge in [0, 0.05) is 26.2 Å². The zero-order valence-corrected chi connectivity index (χ0v) is 23.0. The van der Waals surface area contributed by atoms with Crippen molar-refractivity contribution in [3.63, 3.8) is 0 Å². The van der Waals surface area contributed by atoms with E-state index in [4.69, 9.17) is 19.9 Å². The number of rotatable bonds is 5. The number of carbonyl (C=O) groups is 2. The minimum atomic E-state index is -0.297. The summed E-state index contributed by atoms with van der Waals surface area (Å²) in [5, 5.41) is 0.644. The molecule has 2 saturated heterocycles. The number of aromatic nitrogens is 4. The number of benzene rings is 2. The Labute approximate surface area is 234 Å². The van der Waals surface area contributed by atoms with Crippen molar-refractivity contribution in [1.29, 1.82) is 0 Å². The second kappa shape index (κ2) is 10.2. The molecule has 0 aliphatic carbocycles. The number of piperidine rings is 2. The molecule has 2 amide bonds. The zero-order valence-electron chi connectivity index (χ0n) is 21.4. The van der Waals surface area contributed by atoms with E-state index in [1.54, 1.807) is 30.3 Å². The topological polar surface area (TPSA) is 95.4 Å². The Morgan fingerprint density at radius 2 is 1.28 bits per heavy atom. The Balaban J connectivity index is 1.19. The van der Waals surface area contributed by atoms with Crippen LogP contribution < -0.4 is 14.7 Å². The van der Waals surface area contributed by atoms with E-state index in [2.05, 4.69) is 9.80 Å². The smallest absolute Gasteiger partial charge is 0.266 e. The molecule has 3 aliphatic heterocycles. The number of nitrogens with zero attached hydrogens (tertiary/aromatic N) is 7. The Kier molecular flexibility index (Phi) is 6.40. The lowest BCUT2D eigenvalue weighted by atomic mass is 10.1. The second-order valence-electron chi connectivity index (χ2n) is 10.0. The average Bonchev–Trinajstić information content (AvgIpc) is 3.50. The standard InChI is InChI=1S/C28H27N7O2S2/c36-23-19-9-3-4-10-20(19)24(37)35(23)18-11-12-21-22(17-18)38-28(29-21)39-27-31-25(33-13-5-1-6-14-33)30-26(32-27)34-15-7-2-8-16-34/h3-4,9-12,17H,1-2,5-8,13-16H2. The normalized spacial score (nSPS) is 17.8. The van der Waals surface area contributed by atoms with Crippen LogP contribution in [-0.4, -0.2) is 57.9 Å². The molecule has 0 saturated carbocycles. The molecular weight excluding hydrogens is 530 g/mol. The van der Waals surface area contributed by atoms with Crippen LogP contribution in [0.15, 0.2) is 52.0 Å². The number of carbonyl (C=O) groups excluding carboxylic acids is 2. The molecule has 0 bridgehead atoms. The number of fused-ring (bicyclic) bond motifs is 2. The molecule has 0 spiro atoms. The zero-order chi connectivity index (χ0) is 26.3. The number of hydrogen-bond acceptors (Lipinski definition) is 10. The Hall–Kier alpha value is -3.57. The van der Waals surface area contributed by atoms with Crippen LogP contribution in [0.2, 0.25) is 0 Å². The predicted octanol–water partition coefficient (Wildman–Crippen LogP) is 5.41. The van der Waals surface area contributed by atoms with Crippen LogP contribution in [0.4, 0.5) is 17.6 Å². The summed E-state index contributed by atoms with van der Waals surface area (Å²) in [6.07, 6.45) is 7.11. The number of amides is 2. The van der Waals surface area contributed by atoms with Gasteiger partial charge in [0.25, 0.3) is 11.8 Å². The van der Waals surface area contributed by atoms with Crippen molar-refractivity contribution in [3.8, 4) is 0 Å². The second-order valence-corrected chi connectivity index (χ2v) is 12.3. The van der Waals surface area contributed by atoms with Gasteiger partial charge in [0.15, 0.2) is 4.34 Å². The lowest BCUT2D eigenvalue weighted by Gasteiger charge is -2.30. The predicted molar refractivity (Wildman–Crippen MR) is 153 cm³/mol. The molecule has 5 heterocycles. The van der Waals surface area contributed by atoms with Gasteiger partial charge in [-0.05, 0) is 80.6 Å². The van der Waals surface area contributed by atoms with Crippen molar-refractivity contribution in [2.24, 2.45) is 0 Å². The van der Waals surface area contributed by atoms with Crippen molar-refractivity contribution in [1.82, 2.24) is 19.9 Å². The quantitative estimate of drug-likeness (QED) is 0.298. The fourth-order valence-corrected chi connectivity index (χ4v) is 7.37. The summed E-state index contributed by atoms with van der Waals surface area (Å²) < 4.78 is 1.71. The molecule has 9 nitrogen and oxygen atoms in total. The van der Waals surface area contributed by atoms with Crippen molar-refractivity contribution >= 4 is 62.7 Å². The maximum absolute atomic E-state index is 13.0. The molecule has 7 rings (SSSR count). The Bertz CT molecular complexity index is 1510. The Morgan fingerprint density at radius 1 is 0.692 bits per heavy atom. The first-order chi connectivity index (χ1) is 19.1. The molecule has 2 aromatic heterocycles. The summed E-state index contributed by atoms with van der Waals surface area (Å²) in [6, 6.07) is 12.5. The van der Waals surface area contributed by atoms with Crippen LogP contribution in [0.1, 0.15) is 59.2 Å². The van der Waals surface area contributed by atoms with Gasteiger partial charge in [0.05, 0.1) is 27.0 Å². The van der Waals surface area contributed by atoms with Crippen molar-refractivity contribution in [2.45, 2.75) is 48.0 Å². The lowest BCUT2D eigenvalue weighted by molar-refractivity contribution is 0.0926. The van der Waals surface area contributed by atoms with Crippen molar-refractivity contribution < 1.29 is 9.59 Å². The molecule has 0 unspecified atom stereocenters. The molecule has 3 aliphatic rings. The molecule has 4 aromatic rings. The van der Waals surface area contributed by atoms with E-state index >= 15 is 0 Å². The van der Waals surface area contributed by atoms with Crippen LogP contribution in [0, 0.1) is 0 Å². The van der Waals surface area contributed by atoms with Gasteiger partial charge in [0.1, 0.15) is 0 Å². The van der Waals surface area contributed by atoms with Gasteiger partial charge in [-0.25, -0.2) is 9.88 Å². The van der Waals surface area contributed by atoms with Crippen LogP contribution in [0.5, 0.6) is 0 Å². The summed E-state index contributed by atoms with van der Waals surface area (Å²) in [4.78, 5) is 51.1. The molecule has 0 radical (unpaired) electrons. The molecular formula is C28H27N7O2S2. The first-order valence-electron chi connectivity index (χ1n) is 13.5. The maximum Gasteiger partial charge on any atom is 0.266 e. The molecule has 0 N–H and O–H groups in total. The van der Waals surface area contributed by atoms with Crippen LogP contribution in [0.3, 0.4) is 0 Å². The first-order valence-corrected chi connectivity index (χ1v) is 15.1. The minimum Gasteiger partial charge on any atom is -0.341 e. The van der Waals surface area contributed by atoms with Gasteiger partial charge in [-0.15, -0.1) is 11.3 Å². The third kappa shape index (κ3) is 4.63. The highest BCUT2D eigenvalue weighted by atomic mass is 32.2. The molecule has 2 fully saturated rings. The van der Waals surface area contributed by atoms with E-state index in [1.165, 1.54) is 40.8 Å². The van der Waals surface area contributed by atoms with Crippen LogP contribution in [0.25, 0.3) is 10.2 Å². The lowest BCUT2D eigenvalue weighted by Crippen LogP contribution is -2.34. The summed E-state index contributed by atoms with van der Waals surface area (Å²) in [6.45, 7) is 3.87. The fourth-order valence-electron chi connectivity index (χ4n) is 5.43. The van der Waals surface area contributed by atoms with Crippen LogP contribution in [-0.2, 0) is 0 Å². The number of thiazole rings is 1. The maximum atomic E-state index is 13.0. The van der Waals surface area contributed by atoms with Gasteiger partial charge in [-0.1, -0.05) is 12.1 Å². The summed E-state index contributed by atoms with van der Waals surface area (Å²) in [7, 11) is 0. The number of anilines is 3. The first kappa shape index (κ1) is 24.5. The van der Waals surface area contributed by atoms with E-state index in [0.717, 1.165) is 78.3 Å². The van der Waals surface area contributed by atoms with Crippen molar-refractivity contribution in [3.05, 3.63) is 53.6 Å². The SMILES string of the molecule is O=C1c2ccccc2C(=O)N1c1ccc2nc(Sc3nc(N4CCCCC4)nc(N4CCCCC4)n3)sc2c1. The van der Waals surface area contributed by atoms with E-state index in [0.29, 0.717) is 22.0 Å². The highest BCUT2D eigenvalue weighted by Gasteiger charge is 2.36. The Morgan fingerprint density at radius 3 is 1.87 bits per heavy atom. The molecule has 198 valence electrons. The van der Waals surface area contributed by atoms with E-state index in [-0.39, 0.29) is 11.8 Å². The van der Waals surface area contributed by atoms with Gasteiger partial charge >= 0.3 is 0 Å². The van der Waals surface area contributed by atoms with Crippen LogP contribution >= 0.6 is 23.1 Å².